The molecule has 0 aliphatic carbocycles. The van der Waals surface area contributed by atoms with Crippen molar-refractivity contribution in [2.75, 3.05) is 12.1 Å². The van der Waals surface area contributed by atoms with Crippen LogP contribution in [0.4, 0.5) is 5.69 Å². The zero-order valence-electron chi connectivity index (χ0n) is 15.7. The highest BCUT2D eigenvalue weighted by atomic mass is 16.2. The minimum absolute atomic E-state index is 0.0283. The van der Waals surface area contributed by atoms with Crippen LogP contribution in [0.25, 0.3) is 6.08 Å². The average Bonchev–Trinajstić information content (AvgIpc) is 2.70. The number of para-hydroxylation sites is 1. The number of hydrazine groups is 1. The molecule has 0 heterocycles. The Morgan fingerprint density at radius 2 is 1.33 bits per heavy atom. The van der Waals surface area contributed by atoms with Crippen LogP contribution in [0.1, 0.15) is 18.1 Å². The topological polar surface area (TPSA) is 23.6 Å². The Morgan fingerprint density at radius 3 is 1.89 bits per heavy atom. The number of nitrogens with zero attached hydrogens (tertiary/aromatic N) is 2. The van der Waals surface area contributed by atoms with Gasteiger partial charge >= 0.3 is 0 Å². The van der Waals surface area contributed by atoms with Gasteiger partial charge in [0.15, 0.2) is 0 Å². The van der Waals surface area contributed by atoms with Gasteiger partial charge in [-0.25, -0.2) is 5.01 Å². The summed E-state index contributed by atoms with van der Waals surface area (Å²) >= 11 is 0. The first-order valence-electron chi connectivity index (χ1n) is 9.04. The van der Waals surface area contributed by atoms with Gasteiger partial charge in [0.1, 0.15) is 0 Å². The molecule has 3 heteroatoms. The lowest BCUT2D eigenvalue weighted by Crippen LogP contribution is -2.43. The van der Waals surface area contributed by atoms with Crippen LogP contribution in [-0.4, -0.2) is 18.0 Å². The summed E-state index contributed by atoms with van der Waals surface area (Å²) < 4.78 is 0. The second-order valence-electron chi connectivity index (χ2n) is 6.40. The molecule has 0 saturated carbocycles. The number of carbonyl (C=O) groups is 1. The second kappa shape index (κ2) is 8.86. The minimum Gasteiger partial charge on any atom is -0.282 e. The average molecular weight is 356 g/mol. The third kappa shape index (κ3) is 4.85. The molecule has 3 aromatic rings. The fourth-order valence-corrected chi connectivity index (χ4v) is 3.10. The molecule has 0 aliphatic heterocycles. The number of hydrogen-bond acceptors (Lipinski definition) is 2. The van der Waals surface area contributed by atoms with Gasteiger partial charge in [0.2, 0.25) is 5.91 Å². The molecule has 0 radical (unpaired) electrons. The molecule has 3 aromatic carbocycles. The first-order chi connectivity index (χ1) is 13.1. The number of amides is 1. The number of rotatable bonds is 6. The predicted octanol–water partition coefficient (Wildman–Crippen LogP) is 5.17. The van der Waals surface area contributed by atoms with E-state index in [2.05, 4.69) is 18.2 Å². The van der Waals surface area contributed by atoms with Gasteiger partial charge in [0.25, 0.3) is 0 Å². The van der Waals surface area contributed by atoms with Gasteiger partial charge in [0, 0.05) is 26.1 Å². The number of allylic oxidation sites excluding steroid dienone is 1. The molecule has 0 aromatic heterocycles. The molecule has 0 bridgehead atoms. The zero-order chi connectivity index (χ0) is 19.1. The SMILES string of the molecule is CC(=O)N(/C(=C/c1ccccc1)Cc1ccccc1)N(C)c1ccccc1. The van der Waals surface area contributed by atoms with Crippen molar-refractivity contribution in [3.63, 3.8) is 0 Å². The summed E-state index contributed by atoms with van der Waals surface area (Å²) in [6.45, 7) is 1.60. The van der Waals surface area contributed by atoms with Crippen LogP contribution in [0.15, 0.2) is 96.7 Å². The summed E-state index contributed by atoms with van der Waals surface area (Å²) in [5.41, 5.74) is 4.11. The molecule has 136 valence electrons. The zero-order valence-corrected chi connectivity index (χ0v) is 15.7. The summed E-state index contributed by atoms with van der Waals surface area (Å²) in [4.78, 5) is 12.6. The van der Waals surface area contributed by atoms with Gasteiger partial charge in [-0.1, -0.05) is 78.9 Å². The van der Waals surface area contributed by atoms with E-state index in [1.165, 1.54) is 0 Å². The number of anilines is 1. The maximum atomic E-state index is 12.6. The van der Waals surface area contributed by atoms with Crippen LogP contribution < -0.4 is 5.01 Å². The van der Waals surface area contributed by atoms with E-state index in [1.54, 1.807) is 11.9 Å². The number of hydrogen-bond donors (Lipinski definition) is 0. The van der Waals surface area contributed by atoms with Crippen molar-refractivity contribution in [3.8, 4) is 0 Å². The van der Waals surface area contributed by atoms with Crippen LogP contribution >= 0.6 is 0 Å². The molecule has 27 heavy (non-hydrogen) atoms. The standard InChI is InChI=1S/C24H24N2O/c1-20(27)26(25(2)23-16-10-5-11-17-23)24(18-21-12-6-3-7-13-21)19-22-14-8-4-9-15-22/h3-18H,19H2,1-2H3/b24-18+. The Hall–Kier alpha value is -3.33. The molecular weight excluding hydrogens is 332 g/mol. The summed E-state index contributed by atoms with van der Waals surface area (Å²) in [5.74, 6) is -0.0283. The van der Waals surface area contributed by atoms with Crippen molar-refractivity contribution in [3.05, 3.63) is 108 Å². The summed E-state index contributed by atoms with van der Waals surface area (Å²) in [6.07, 6.45) is 2.74. The summed E-state index contributed by atoms with van der Waals surface area (Å²) in [6, 6.07) is 30.2. The molecule has 0 spiro atoms. The molecule has 0 unspecified atom stereocenters. The first-order valence-corrected chi connectivity index (χ1v) is 9.04. The first kappa shape index (κ1) is 18.5. The van der Waals surface area contributed by atoms with E-state index in [1.807, 2.05) is 90.9 Å². The fourth-order valence-electron chi connectivity index (χ4n) is 3.10. The van der Waals surface area contributed by atoms with E-state index < -0.39 is 0 Å². The van der Waals surface area contributed by atoms with Gasteiger partial charge in [-0.05, 0) is 29.3 Å². The molecule has 3 nitrogen and oxygen atoms in total. The van der Waals surface area contributed by atoms with E-state index in [0.717, 1.165) is 22.5 Å². The lowest BCUT2D eigenvalue weighted by molar-refractivity contribution is -0.127. The minimum atomic E-state index is -0.0283. The monoisotopic (exact) mass is 356 g/mol. The van der Waals surface area contributed by atoms with Gasteiger partial charge < -0.3 is 0 Å². The van der Waals surface area contributed by atoms with Gasteiger partial charge in [-0.3, -0.25) is 9.80 Å². The van der Waals surface area contributed by atoms with Crippen molar-refractivity contribution in [1.82, 2.24) is 5.01 Å². The summed E-state index contributed by atoms with van der Waals surface area (Å²) in [5, 5.41) is 3.65. The highest BCUT2D eigenvalue weighted by Gasteiger charge is 2.20. The molecular formula is C24H24N2O. The van der Waals surface area contributed by atoms with Crippen molar-refractivity contribution >= 4 is 17.7 Å². The molecule has 3 rings (SSSR count). The van der Waals surface area contributed by atoms with Crippen LogP contribution in [-0.2, 0) is 11.2 Å². The third-order valence-corrected chi connectivity index (χ3v) is 4.36. The van der Waals surface area contributed by atoms with Crippen LogP contribution in [0, 0.1) is 0 Å². The molecule has 0 N–H and O–H groups in total. The molecule has 0 atom stereocenters. The highest BCUT2D eigenvalue weighted by Crippen LogP contribution is 2.23. The lowest BCUT2D eigenvalue weighted by Gasteiger charge is -2.34. The normalized spacial score (nSPS) is 11.1. The van der Waals surface area contributed by atoms with E-state index in [0.29, 0.717) is 6.42 Å². The largest absolute Gasteiger partial charge is 0.282 e. The number of carbonyl (C=O) groups excluding carboxylic acids is 1. The van der Waals surface area contributed by atoms with Crippen LogP contribution in [0.3, 0.4) is 0 Å². The Labute approximate surface area is 161 Å². The molecule has 1 amide bonds. The van der Waals surface area contributed by atoms with E-state index in [9.17, 15) is 4.79 Å². The smallest absolute Gasteiger partial charge is 0.242 e. The van der Waals surface area contributed by atoms with Crippen molar-refractivity contribution in [2.45, 2.75) is 13.3 Å². The molecule has 0 aliphatic rings. The Balaban J connectivity index is 2.03. The van der Waals surface area contributed by atoms with E-state index in [4.69, 9.17) is 0 Å². The fraction of sp³-hybridized carbons (Fsp3) is 0.125. The third-order valence-electron chi connectivity index (χ3n) is 4.36. The lowest BCUT2D eigenvalue weighted by atomic mass is 10.1. The van der Waals surface area contributed by atoms with Gasteiger partial charge in [0.05, 0.1) is 5.69 Å². The maximum Gasteiger partial charge on any atom is 0.242 e. The van der Waals surface area contributed by atoms with Crippen molar-refractivity contribution in [1.29, 1.82) is 0 Å². The van der Waals surface area contributed by atoms with Crippen LogP contribution in [0.2, 0.25) is 0 Å². The Morgan fingerprint density at radius 1 is 0.815 bits per heavy atom. The summed E-state index contributed by atoms with van der Waals surface area (Å²) in [7, 11) is 1.92. The number of benzene rings is 3. The van der Waals surface area contributed by atoms with E-state index >= 15 is 0 Å². The van der Waals surface area contributed by atoms with E-state index in [-0.39, 0.29) is 5.91 Å². The highest BCUT2D eigenvalue weighted by molar-refractivity contribution is 5.79. The second-order valence-corrected chi connectivity index (χ2v) is 6.40. The molecule has 0 saturated heterocycles. The maximum absolute atomic E-state index is 12.6. The Bertz CT molecular complexity index is 889. The predicted molar refractivity (Wildman–Crippen MR) is 112 cm³/mol. The van der Waals surface area contributed by atoms with Gasteiger partial charge in [-0.15, -0.1) is 0 Å². The van der Waals surface area contributed by atoms with Crippen molar-refractivity contribution in [2.24, 2.45) is 0 Å². The quantitative estimate of drug-likeness (QED) is 0.569. The van der Waals surface area contributed by atoms with Crippen molar-refractivity contribution < 1.29 is 4.79 Å². The molecule has 0 fully saturated rings. The van der Waals surface area contributed by atoms with Crippen LogP contribution in [0.5, 0.6) is 0 Å². The Kier molecular flexibility index (Phi) is 6.06. The van der Waals surface area contributed by atoms with Gasteiger partial charge in [-0.2, -0.15) is 0 Å².